The van der Waals surface area contributed by atoms with Gasteiger partial charge < -0.3 is 15.6 Å². The lowest BCUT2D eigenvalue weighted by Crippen LogP contribution is -2.32. The Labute approximate surface area is 101 Å². The van der Waals surface area contributed by atoms with Gasteiger partial charge in [0.1, 0.15) is 11.4 Å². The van der Waals surface area contributed by atoms with E-state index in [1.54, 1.807) is 24.3 Å². The Bertz CT molecular complexity index is 329. The summed E-state index contributed by atoms with van der Waals surface area (Å²) in [5.74, 6) is 0.187. The topological polar surface area (TPSA) is 55.5 Å². The van der Waals surface area contributed by atoms with E-state index in [4.69, 9.17) is 15.6 Å². The number of hydrogen-bond donors (Lipinski definition) is 2. The number of phenolic OH excluding ortho intramolecular Hbond substituents is 1. The second-order valence-corrected chi connectivity index (χ2v) is 4.32. The van der Waals surface area contributed by atoms with Crippen LogP contribution in [0.2, 0.25) is 0 Å². The molecule has 1 rings (SSSR count). The van der Waals surface area contributed by atoms with Crippen molar-refractivity contribution in [1.29, 1.82) is 0 Å². The van der Waals surface area contributed by atoms with Crippen molar-refractivity contribution >= 4 is 0 Å². The number of methoxy groups -OCH3 is 1. The van der Waals surface area contributed by atoms with Crippen LogP contribution >= 0.6 is 0 Å². The number of benzene rings is 1. The third kappa shape index (κ3) is 4.71. The molecule has 1 aromatic rings. The summed E-state index contributed by atoms with van der Waals surface area (Å²) in [6.07, 6.45) is 1.30. The molecule has 1 unspecified atom stereocenters. The highest BCUT2D eigenvalue weighted by Crippen LogP contribution is 2.25. The van der Waals surface area contributed by atoms with E-state index in [-0.39, 0.29) is 18.8 Å². The van der Waals surface area contributed by atoms with Gasteiger partial charge in [-0.15, -0.1) is 0 Å². The molecular weight excluding hydrogens is 221 g/mol. The first-order valence-electron chi connectivity index (χ1n) is 5.75. The van der Waals surface area contributed by atoms with Gasteiger partial charge in [-0.25, -0.2) is 4.39 Å². The summed E-state index contributed by atoms with van der Waals surface area (Å²) in [7, 11) is 1.49. The molecule has 1 aromatic carbocycles. The van der Waals surface area contributed by atoms with E-state index in [2.05, 4.69) is 0 Å². The van der Waals surface area contributed by atoms with Gasteiger partial charge in [0, 0.05) is 13.5 Å². The van der Waals surface area contributed by atoms with Crippen molar-refractivity contribution in [3.8, 4) is 5.75 Å². The summed E-state index contributed by atoms with van der Waals surface area (Å²) in [4.78, 5) is 0. The molecule has 0 saturated heterocycles. The fourth-order valence-electron chi connectivity index (χ4n) is 1.87. The van der Waals surface area contributed by atoms with Gasteiger partial charge in [-0.1, -0.05) is 12.1 Å². The Morgan fingerprint density at radius 2 is 2.00 bits per heavy atom. The third-order valence-corrected chi connectivity index (χ3v) is 2.69. The molecule has 0 heterocycles. The number of alkyl halides is 1. The fraction of sp³-hybridized carbons (Fsp3) is 0.538. The monoisotopic (exact) mass is 241 g/mol. The van der Waals surface area contributed by atoms with Gasteiger partial charge in [0.2, 0.25) is 0 Å². The largest absolute Gasteiger partial charge is 0.508 e. The van der Waals surface area contributed by atoms with Gasteiger partial charge in [-0.05, 0) is 37.1 Å². The zero-order valence-corrected chi connectivity index (χ0v) is 10.2. The van der Waals surface area contributed by atoms with Crippen molar-refractivity contribution in [2.75, 3.05) is 20.3 Å². The Balaban J connectivity index is 2.67. The molecule has 0 fully saturated rings. The zero-order chi connectivity index (χ0) is 12.7. The van der Waals surface area contributed by atoms with Crippen molar-refractivity contribution in [2.24, 2.45) is 5.73 Å². The van der Waals surface area contributed by atoms with Crippen LogP contribution in [0.3, 0.4) is 0 Å². The number of nitrogens with two attached hydrogens (primary N) is 1. The Morgan fingerprint density at radius 3 is 2.53 bits per heavy atom. The summed E-state index contributed by atoms with van der Waals surface area (Å²) in [6.45, 7) is 0.541. The average molecular weight is 241 g/mol. The maximum absolute atomic E-state index is 14.5. The molecule has 0 amide bonds. The molecule has 3 nitrogen and oxygen atoms in total. The highest BCUT2D eigenvalue weighted by molar-refractivity contribution is 5.27. The maximum atomic E-state index is 14.5. The molecule has 3 N–H and O–H groups in total. The summed E-state index contributed by atoms with van der Waals surface area (Å²) in [5.41, 5.74) is 4.87. The molecule has 4 heteroatoms. The Hall–Kier alpha value is -1.13. The van der Waals surface area contributed by atoms with E-state index in [9.17, 15) is 4.39 Å². The fourth-order valence-corrected chi connectivity index (χ4v) is 1.87. The van der Waals surface area contributed by atoms with Gasteiger partial charge in [-0.2, -0.15) is 0 Å². The first-order chi connectivity index (χ1) is 8.09. The number of phenols is 1. The predicted octanol–water partition coefficient (Wildman–Crippen LogP) is 2.03. The lowest BCUT2D eigenvalue weighted by molar-refractivity contribution is 0.0334. The number of halogens is 1. The van der Waals surface area contributed by atoms with E-state index in [1.165, 1.54) is 7.11 Å². The number of rotatable bonds is 7. The highest BCUT2D eigenvalue weighted by Gasteiger charge is 2.29. The summed E-state index contributed by atoms with van der Waals surface area (Å²) >= 11 is 0. The normalized spacial score (nSPS) is 14.5. The minimum Gasteiger partial charge on any atom is -0.508 e. The molecule has 0 aliphatic carbocycles. The number of ether oxygens (including phenoxy) is 1. The van der Waals surface area contributed by atoms with Gasteiger partial charge in [-0.3, -0.25) is 0 Å². The van der Waals surface area contributed by atoms with Crippen molar-refractivity contribution < 1.29 is 14.2 Å². The SMILES string of the molecule is COCC(F)(CCCN)Cc1ccc(O)cc1. The average Bonchev–Trinajstić information content (AvgIpc) is 2.30. The Kier molecular flexibility index (Phi) is 5.38. The minimum absolute atomic E-state index is 0.0634. The van der Waals surface area contributed by atoms with Crippen LogP contribution in [0.1, 0.15) is 18.4 Å². The summed E-state index contributed by atoms with van der Waals surface area (Å²) in [5, 5.41) is 9.16. The molecule has 0 bridgehead atoms. The summed E-state index contributed by atoms with van der Waals surface area (Å²) < 4.78 is 19.5. The first kappa shape index (κ1) is 13.9. The van der Waals surface area contributed by atoms with Crippen LogP contribution in [0.4, 0.5) is 4.39 Å². The molecule has 0 spiro atoms. The molecule has 0 aromatic heterocycles. The van der Waals surface area contributed by atoms with Crippen molar-refractivity contribution in [3.05, 3.63) is 29.8 Å². The van der Waals surface area contributed by atoms with Gasteiger partial charge in [0.05, 0.1) is 6.61 Å². The van der Waals surface area contributed by atoms with Crippen molar-refractivity contribution in [2.45, 2.75) is 24.9 Å². The number of hydrogen-bond acceptors (Lipinski definition) is 3. The highest BCUT2D eigenvalue weighted by atomic mass is 19.1. The molecule has 0 aliphatic rings. The second-order valence-electron chi connectivity index (χ2n) is 4.32. The second kappa shape index (κ2) is 6.57. The zero-order valence-electron chi connectivity index (χ0n) is 10.2. The lowest BCUT2D eigenvalue weighted by Gasteiger charge is -2.24. The molecular formula is C13H20FNO2. The third-order valence-electron chi connectivity index (χ3n) is 2.69. The standard InChI is InChI=1S/C13H20FNO2/c1-17-10-13(14,7-2-8-15)9-11-3-5-12(16)6-4-11/h3-6,16H,2,7-10,15H2,1H3. The smallest absolute Gasteiger partial charge is 0.138 e. The van der Waals surface area contributed by atoms with Crippen LogP contribution in [0.15, 0.2) is 24.3 Å². The Morgan fingerprint density at radius 1 is 1.35 bits per heavy atom. The molecule has 17 heavy (non-hydrogen) atoms. The van der Waals surface area contributed by atoms with Crippen LogP contribution in [0.25, 0.3) is 0 Å². The number of aromatic hydroxyl groups is 1. The van der Waals surface area contributed by atoms with Gasteiger partial charge in [0.25, 0.3) is 0 Å². The van der Waals surface area contributed by atoms with Crippen molar-refractivity contribution in [3.63, 3.8) is 0 Å². The molecule has 1 atom stereocenters. The lowest BCUT2D eigenvalue weighted by atomic mass is 9.92. The van der Waals surface area contributed by atoms with E-state index in [1.807, 2.05) is 0 Å². The quantitative estimate of drug-likeness (QED) is 0.768. The molecule has 0 aliphatic heterocycles. The summed E-state index contributed by atoms with van der Waals surface area (Å²) in [6, 6.07) is 6.57. The first-order valence-corrected chi connectivity index (χ1v) is 5.75. The van der Waals surface area contributed by atoms with Crippen LogP contribution in [-0.2, 0) is 11.2 Å². The molecule has 96 valence electrons. The molecule has 0 saturated carbocycles. The van der Waals surface area contributed by atoms with Crippen LogP contribution in [0, 0.1) is 0 Å². The van der Waals surface area contributed by atoms with Crippen LogP contribution < -0.4 is 5.73 Å². The van der Waals surface area contributed by atoms with E-state index in [0.29, 0.717) is 19.4 Å². The maximum Gasteiger partial charge on any atom is 0.138 e. The van der Waals surface area contributed by atoms with Gasteiger partial charge >= 0.3 is 0 Å². The minimum atomic E-state index is -1.38. The van der Waals surface area contributed by atoms with E-state index >= 15 is 0 Å². The van der Waals surface area contributed by atoms with Crippen molar-refractivity contribution in [1.82, 2.24) is 0 Å². The predicted molar refractivity (Wildman–Crippen MR) is 65.8 cm³/mol. The van der Waals surface area contributed by atoms with E-state index in [0.717, 1.165) is 5.56 Å². The molecule has 0 radical (unpaired) electrons. The van der Waals surface area contributed by atoms with Crippen LogP contribution in [0.5, 0.6) is 5.75 Å². The van der Waals surface area contributed by atoms with E-state index < -0.39 is 5.67 Å². The van der Waals surface area contributed by atoms with Gasteiger partial charge in [0.15, 0.2) is 0 Å². The van der Waals surface area contributed by atoms with Crippen LogP contribution in [-0.4, -0.2) is 31.0 Å².